The highest BCUT2D eigenvalue weighted by Gasteiger charge is 2.20. The first-order valence-corrected chi connectivity index (χ1v) is 6.86. The number of rotatable bonds is 5. The third-order valence-corrected chi connectivity index (χ3v) is 2.79. The lowest BCUT2D eigenvalue weighted by atomic mass is 10.1. The van der Waals surface area contributed by atoms with Crippen LogP contribution in [0.4, 0.5) is 0 Å². The minimum Gasteiger partial charge on any atom is -0.459 e. The molecule has 1 N–H and O–H groups in total. The van der Waals surface area contributed by atoms with Crippen LogP contribution in [0.25, 0.3) is 0 Å². The normalized spacial score (nSPS) is 13.1. The summed E-state index contributed by atoms with van der Waals surface area (Å²) in [6.45, 7) is 8.14. The van der Waals surface area contributed by atoms with Gasteiger partial charge in [0.05, 0.1) is 0 Å². The number of nitrogens with one attached hydrogen (secondary N) is 1. The van der Waals surface area contributed by atoms with Crippen molar-refractivity contribution in [2.24, 2.45) is 0 Å². The van der Waals surface area contributed by atoms with Crippen LogP contribution in [-0.2, 0) is 16.0 Å². The van der Waals surface area contributed by atoms with E-state index in [9.17, 15) is 4.79 Å². The molecule has 1 rings (SSSR count). The maximum absolute atomic E-state index is 11.7. The van der Waals surface area contributed by atoms with Crippen LogP contribution in [0.3, 0.4) is 0 Å². The van der Waals surface area contributed by atoms with Crippen molar-refractivity contribution in [1.29, 1.82) is 0 Å². The van der Waals surface area contributed by atoms with Crippen molar-refractivity contribution in [1.82, 2.24) is 5.32 Å². The molecule has 3 nitrogen and oxygen atoms in total. The molecule has 0 saturated carbocycles. The van der Waals surface area contributed by atoms with Gasteiger partial charge in [0.15, 0.2) is 0 Å². The Balaban J connectivity index is 2.32. The summed E-state index contributed by atoms with van der Waals surface area (Å²) in [7, 11) is 0. The van der Waals surface area contributed by atoms with Crippen LogP contribution in [0, 0.1) is 0 Å². The van der Waals surface area contributed by atoms with Crippen molar-refractivity contribution < 1.29 is 9.53 Å². The molecular weight excluding hydrogens is 262 g/mol. The Morgan fingerprint density at radius 3 is 2.42 bits per heavy atom. The average Bonchev–Trinajstić information content (AvgIpc) is 2.29. The largest absolute Gasteiger partial charge is 0.459 e. The van der Waals surface area contributed by atoms with Crippen molar-refractivity contribution in [2.75, 3.05) is 6.54 Å². The van der Waals surface area contributed by atoms with Crippen molar-refractivity contribution in [3.8, 4) is 0 Å². The first-order valence-electron chi connectivity index (χ1n) is 6.48. The van der Waals surface area contributed by atoms with E-state index in [4.69, 9.17) is 16.3 Å². The van der Waals surface area contributed by atoms with Crippen LogP contribution >= 0.6 is 11.6 Å². The van der Waals surface area contributed by atoms with E-state index in [1.54, 1.807) is 0 Å². The summed E-state index contributed by atoms with van der Waals surface area (Å²) < 4.78 is 5.30. The fourth-order valence-corrected chi connectivity index (χ4v) is 1.68. The number of carbonyl (C=O) groups excluding carboxylic acids is 1. The predicted molar refractivity (Wildman–Crippen MR) is 78.5 cm³/mol. The maximum Gasteiger partial charge on any atom is 0.323 e. The summed E-state index contributed by atoms with van der Waals surface area (Å²) in [6.07, 6.45) is 0.851. The molecule has 0 amide bonds. The van der Waals surface area contributed by atoms with Gasteiger partial charge < -0.3 is 10.1 Å². The van der Waals surface area contributed by atoms with E-state index >= 15 is 0 Å². The molecule has 0 radical (unpaired) electrons. The Bertz CT molecular complexity index is 409. The van der Waals surface area contributed by atoms with E-state index in [0.29, 0.717) is 0 Å². The molecule has 19 heavy (non-hydrogen) atoms. The van der Waals surface area contributed by atoms with Gasteiger partial charge in [0.25, 0.3) is 0 Å². The third kappa shape index (κ3) is 6.60. The van der Waals surface area contributed by atoms with Gasteiger partial charge in [-0.2, -0.15) is 0 Å². The summed E-state index contributed by atoms with van der Waals surface area (Å²) in [5.41, 5.74) is 0.747. The second kappa shape index (κ2) is 6.92. The summed E-state index contributed by atoms with van der Waals surface area (Å²) in [4.78, 5) is 11.7. The molecule has 0 heterocycles. The molecule has 1 aromatic rings. The monoisotopic (exact) mass is 283 g/mol. The van der Waals surface area contributed by atoms with Gasteiger partial charge in [-0.05, 0) is 58.4 Å². The smallest absolute Gasteiger partial charge is 0.323 e. The summed E-state index contributed by atoms with van der Waals surface area (Å²) in [5.74, 6) is -0.219. The zero-order chi connectivity index (χ0) is 14.5. The topological polar surface area (TPSA) is 38.3 Å². The van der Waals surface area contributed by atoms with Gasteiger partial charge in [-0.1, -0.05) is 23.7 Å². The maximum atomic E-state index is 11.7. The van der Waals surface area contributed by atoms with Crippen LogP contribution in [-0.4, -0.2) is 24.2 Å². The molecule has 0 aromatic heterocycles. The Morgan fingerprint density at radius 2 is 1.89 bits per heavy atom. The zero-order valence-corrected chi connectivity index (χ0v) is 12.8. The fraction of sp³-hybridized carbons (Fsp3) is 0.533. The lowest BCUT2D eigenvalue weighted by Gasteiger charge is -2.22. The van der Waals surface area contributed by atoms with E-state index in [2.05, 4.69) is 5.32 Å². The molecule has 0 fully saturated rings. The summed E-state index contributed by atoms with van der Waals surface area (Å²) in [6, 6.07) is 7.42. The van der Waals surface area contributed by atoms with Crippen LogP contribution < -0.4 is 5.32 Å². The third-order valence-electron chi connectivity index (χ3n) is 2.54. The van der Waals surface area contributed by atoms with Gasteiger partial charge in [-0.25, -0.2) is 0 Å². The molecule has 4 heteroatoms. The van der Waals surface area contributed by atoms with Crippen molar-refractivity contribution in [3.05, 3.63) is 34.9 Å². The van der Waals surface area contributed by atoms with Gasteiger partial charge in [0.2, 0.25) is 0 Å². The molecule has 0 aliphatic carbocycles. The number of esters is 1. The highest BCUT2D eigenvalue weighted by atomic mass is 35.5. The minimum absolute atomic E-state index is 0.219. The average molecular weight is 284 g/mol. The molecule has 1 atom stereocenters. The van der Waals surface area contributed by atoms with E-state index < -0.39 is 5.60 Å². The highest BCUT2D eigenvalue weighted by Crippen LogP contribution is 2.10. The Morgan fingerprint density at radius 1 is 1.32 bits per heavy atom. The van der Waals surface area contributed by atoms with E-state index in [0.717, 1.165) is 18.0 Å². The van der Waals surface area contributed by atoms with E-state index in [-0.39, 0.29) is 12.0 Å². The van der Waals surface area contributed by atoms with Crippen molar-refractivity contribution in [3.63, 3.8) is 0 Å². The van der Waals surface area contributed by atoms with Gasteiger partial charge in [0, 0.05) is 5.02 Å². The van der Waals surface area contributed by atoms with E-state index in [1.165, 1.54) is 5.56 Å². The molecule has 0 spiro atoms. The first-order chi connectivity index (χ1) is 8.78. The van der Waals surface area contributed by atoms with Crippen LogP contribution in [0.5, 0.6) is 0 Å². The number of benzene rings is 1. The Labute approximate surface area is 120 Å². The second-order valence-corrected chi connectivity index (χ2v) is 6.02. The predicted octanol–water partition coefficient (Wildman–Crippen LogP) is 3.20. The lowest BCUT2D eigenvalue weighted by Crippen LogP contribution is -2.40. The Kier molecular flexibility index (Phi) is 5.83. The number of halogens is 1. The van der Waals surface area contributed by atoms with E-state index in [1.807, 2.05) is 52.0 Å². The standard InChI is InChI=1S/C15H22ClNO2/c1-11(14(18)19-15(2,3)4)17-10-9-12-5-7-13(16)8-6-12/h5-8,11,17H,9-10H2,1-4H3. The van der Waals surface area contributed by atoms with Crippen molar-refractivity contribution >= 4 is 17.6 Å². The van der Waals surface area contributed by atoms with Gasteiger partial charge in [-0.3, -0.25) is 4.79 Å². The lowest BCUT2D eigenvalue weighted by molar-refractivity contribution is -0.156. The van der Waals surface area contributed by atoms with Crippen LogP contribution in [0.1, 0.15) is 33.3 Å². The first kappa shape index (κ1) is 16.0. The fourth-order valence-electron chi connectivity index (χ4n) is 1.56. The molecule has 1 unspecified atom stereocenters. The molecule has 0 saturated heterocycles. The number of carbonyl (C=O) groups is 1. The van der Waals surface area contributed by atoms with Gasteiger partial charge in [-0.15, -0.1) is 0 Å². The summed E-state index contributed by atoms with van der Waals surface area (Å²) in [5, 5.41) is 3.90. The molecule has 0 aliphatic rings. The molecule has 0 bridgehead atoms. The van der Waals surface area contributed by atoms with Gasteiger partial charge >= 0.3 is 5.97 Å². The molecule has 0 aliphatic heterocycles. The molecule has 106 valence electrons. The van der Waals surface area contributed by atoms with Crippen molar-refractivity contribution in [2.45, 2.75) is 45.8 Å². The second-order valence-electron chi connectivity index (χ2n) is 5.59. The SMILES string of the molecule is CC(NCCc1ccc(Cl)cc1)C(=O)OC(C)(C)C. The number of hydrogen-bond acceptors (Lipinski definition) is 3. The molecule has 1 aromatic carbocycles. The number of hydrogen-bond donors (Lipinski definition) is 1. The summed E-state index contributed by atoms with van der Waals surface area (Å²) >= 11 is 5.82. The van der Waals surface area contributed by atoms with Gasteiger partial charge in [0.1, 0.15) is 11.6 Å². The zero-order valence-electron chi connectivity index (χ0n) is 12.0. The van der Waals surface area contributed by atoms with Crippen LogP contribution in [0.2, 0.25) is 5.02 Å². The quantitative estimate of drug-likeness (QED) is 0.844. The minimum atomic E-state index is -0.441. The highest BCUT2D eigenvalue weighted by molar-refractivity contribution is 6.30. The molecular formula is C15H22ClNO2. The Hall–Kier alpha value is -1.06. The van der Waals surface area contributed by atoms with Crippen LogP contribution in [0.15, 0.2) is 24.3 Å². The number of ether oxygens (including phenoxy) is 1.